The van der Waals surface area contributed by atoms with Crippen LogP contribution in [0.25, 0.3) is 0 Å². The Labute approximate surface area is 198 Å². The number of esters is 2. The van der Waals surface area contributed by atoms with Crippen molar-refractivity contribution < 1.29 is 28.7 Å². The SMILES string of the molecule is COC(=O)c1ccc(NC(=O)CCCC(=O)OCC(=O)Nc2cc(Cl)c(Br)cc2C)cc1. The third kappa shape index (κ3) is 7.97. The number of anilines is 2. The average Bonchev–Trinajstić information content (AvgIpc) is 2.76. The van der Waals surface area contributed by atoms with Gasteiger partial charge >= 0.3 is 11.9 Å². The molecule has 0 saturated heterocycles. The summed E-state index contributed by atoms with van der Waals surface area (Å²) < 4.78 is 10.3. The van der Waals surface area contributed by atoms with Gasteiger partial charge in [-0.1, -0.05) is 11.6 Å². The minimum absolute atomic E-state index is 0.00881. The Balaban J connectivity index is 1.68. The van der Waals surface area contributed by atoms with Crippen LogP contribution in [-0.4, -0.2) is 37.5 Å². The molecule has 2 aromatic rings. The van der Waals surface area contributed by atoms with Gasteiger partial charge in [0.15, 0.2) is 6.61 Å². The minimum atomic E-state index is -0.582. The van der Waals surface area contributed by atoms with E-state index in [2.05, 4.69) is 31.3 Å². The average molecular weight is 526 g/mol. The van der Waals surface area contributed by atoms with Gasteiger partial charge in [0.25, 0.3) is 5.91 Å². The lowest BCUT2D eigenvalue weighted by atomic mass is 10.2. The first-order chi connectivity index (χ1) is 15.2. The number of carbonyl (C=O) groups is 4. The number of benzene rings is 2. The normalized spacial score (nSPS) is 10.2. The van der Waals surface area contributed by atoms with Gasteiger partial charge in [-0.25, -0.2) is 4.79 Å². The zero-order valence-electron chi connectivity index (χ0n) is 17.5. The molecule has 32 heavy (non-hydrogen) atoms. The van der Waals surface area contributed by atoms with Gasteiger partial charge in [-0.15, -0.1) is 0 Å². The van der Waals surface area contributed by atoms with E-state index in [1.807, 2.05) is 0 Å². The summed E-state index contributed by atoms with van der Waals surface area (Å²) in [5, 5.41) is 5.75. The first-order valence-electron chi connectivity index (χ1n) is 9.59. The van der Waals surface area contributed by atoms with Crippen LogP contribution in [0, 0.1) is 6.92 Å². The topological polar surface area (TPSA) is 111 Å². The molecule has 2 aromatic carbocycles. The van der Waals surface area contributed by atoms with Crippen LogP contribution in [-0.2, 0) is 23.9 Å². The maximum Gasteiger partial charge on any atom is 0.337 e. The Kier molecular flexibility index (Phi) is 9.67. The fraction of sp³-hybridized carbons (Fsp3) is 0.273. The van der Waals surface area contributed by atoms with Crippen LogP contribution in [0.4, 0.5) is 11.4 Å². The van der Waals surface area contributed by atoms with Crippen molar-refractivity contribution in [3.05, 3.63) is 57.0 Å². The number of methoxy groups -OCH3 is 1. The highest BCUT2D eigenvalue weighted by molar-refractivity contribution is 9.10. The summed E-state index contributed by atoms with van der Waals surface area (Å²) in [6.45, 7) is 1.37. The van der Waals surface area contributed by atoms with Crippen molar-refractivity contribution in [3.63, 3.8) is 0 Å². The maximum atomic E-state index is 12.0. The van der Waals surface area contributed by atoms with Crippen LogP contribution in [0.5, 0.6) is 0 Å². The first kappa shape index (κ1) is 25.4. The molecule has 0 heterocycles. The zero-order valence-corrected chi connectivity index (χ0v) is 19.8. The van der Waals surface area contributed by atoms with Gasteiger partial charge in [0.05, 0.1) is 17.7 Å². The monoisotopic (exact) mass is 524 g/mol. The molecule has 0 aliphatic rings. The fourth-order valence-corrected chi connectivity index (χ4v) is 3.23. The Hall–Kier alpha value is -2.91. The van der Waals surface area contributed by atoms with Crippen LogP contribution >= 0.6 is 27.5 Å². The molecule has 2 N–H and O–H groups in total. The molecular weight excluding hydrogens is 504 g/mol. The molecule has 170 valence electrons. The molecule has 0 aromatic heterocycles. The largest absolute Gasteiger partial charge is 0.465 e. The molecule has 2 rings (SSSR count). The van der Waals surface area contributed by atoms with Gasteiger partial charge in [0.1, 0.15) is 0 Å². The summed E-state index contributed by atoms with van der Waals surface area (Å²) in [6.07, 6.45) is 0.343. The van der Waals surface area contributed by atoms with E-state index in [0.717, 1.165) is 5.56 Å². The standard InChI is InChI=1S/C22H22BrClN2O6/c1-13-10-16(23)17(24)11-18(13)26-20(28)12-32-21(29)5-3-4-19(27)25-15-8-6-14(7-9-15)22(30)31-2/h6-11H,3-5,12H2,1-2H3,(H,25,27)(H,26,28). The van der Waals surface area contributed by atoms with E-state index in [4.69, 9.17) is 16.3 Å². The van der Waals surface area contributed by atoms with Crippen molar-refractivity contribution >= 4 is 62.7 Å². The number of carbonyl (C=O) groups excluding carboxylic acids is 4. The first-order valence-corrected chi connectivity index (χ1v) is 10.8. The second-order valence-corrected chi connectivity index (χ2v) is 8.02. The van der Waals surface area contributed by atoms with Crippen molar-refractivity contribution in [2.75, 3.05) is 24.4 Å². The van der Waals surface area contributed by atoms with E-state index in [-0.39, 0.29) is 25.2 Å². The Morgan fingerprint density at radius 2 is 1.69 bits per heavy atom. The third-order valence-electron chi connectivity index (χ3n) is 4.28. The molecule has 0 radical (unpaired) electrons. The summed E-state index contributed by atoms with van der Waals surface area (Å²) in [5.74, 6) is -1.83. The van der Waals surface area contributed by atoms with Crippen molar-refractivity contribution in [1.29, 1.82) is 0 Å². The number of halogens is 2. The second kappa shape index (κ2) is 12.2. The Morgan fingerprint density at radius 3 is 2.34 bits per heavy atom. The lowest BCUT2D eigenvalue weighted by molar-refractivity contribution is -0.147. The highest BCUT2D eigenvalue weighted by Gasteiger charge is 2.12. The Bertz CT molecular complexity index is 1010. The van der Waals surface area contributed by atoms with Crippen LogP contribution in [0.2, 0.25) is 5.02 Å². The number of amides is 2. The number of ether oxygens (including phenoxy) is 2. The summed E-state index contributed by atoms with van der Waals surface area (Å²) in [4.78, 5) is 47.2. The van der Waals surface area contributed by atoms with E-state index in [9.17, 15) is 19.2 Å². The molecule has 10 heteroatoms. The second-order valence-electron chi connectivity index (χ2n) is 6.76. The predicted octanol–water partition coefficient (Wildman–Crippen LogP) is 4.49. The summed E-state index contributed by atoms with van der Waals surface area (Å²) >= 11 is 9.32. The van der Waals surface area contributed by atoms with E-state index in [1.54, 1.807) is 31.2 Å². The van der Waals surface area contributed by atoms with Crippen LogP contribution in [0.15, 0.2) is 40.9 Å². The summed E-state index contributed by atoms with van der Waals surface area (Å²) in [6, 6.07) is 9.60. The summed E-state index contributed by atoms with van der Waals surface area (Å²) in [5.41, 5.74) is 2.21. The molecule has 0 aliphatic carbocycles. The number of hydrogen-bond acceptors (Lipinski definition) is 6. The smallest absolute Gasteiger partial charge is 0.337 e. The van der Waals surface area contributed by atoms with E-state index in [1.165, 1.54) is 19.2 Å². The van der Waals surface area contributed by atoms with E-state index >= 15 is 0 Å². The maximum absolute atomic E-state index is 12.0. The minimum Gasteiger partial charge on any atom is -0.465 e. The van der Waals surface area contributed by atoms with Gasteiger partial charge in [0.2, 0.25) is 5.91 Å². The van der Waals surface area contributed by atoms with Gasteiger partial charge in [-0.05, 0) is 71.2 Å². The molecule has 0 spiro atoms. The highest BCUT2D eigenvalue weighted by atomic mass is 79.9. The van der Waals surface area contributed by atoms with Crippen LogP contribution in [0.3, 0.4) is 0 Å². The van der Waals surface area contributed by atoms with Crippen molar-refractivity contribution in [3.8, 4) is 0 Å². The van der Waals surface area contributed by atoms with Crippen molar-refractivity contribution in [1.82, 2.24) is 0 Å². The van der Waals surface area contributed by atoms with Gasteiger partial charge in [-0.2, -0.15) is 0 Å². The van der Waals surface area contributed by atoms with Gasteiger partial charge < -0.3 is 20.1 Å². The molecule has 0 bridgehead atoms. The molecule has 0 aliphatic heterocycles. The van der Waals surface area contributed by atoms with E-state index < -0.39 is 24.5 Å². The molecular formula is C22H22BrClN2O6. The zero-order chi connectivity index (χ0) is 23.7. The molecule has 0 unspecified atom stereocenters. The van der Waals surface area contributed by atoms with Crippen LogP contribution < -0.4 is 10.6 Å². The lowest BCUT2D eigenvalue weighted by Gasteiger charge is -2.10. The quantitative estimate of drug-likeness (QED) is 0.467. The number of aryl methyl sites for hydroxylation is 1. The lowest BCUT2D eigenvalue weighted by Crippen LogP contribution is -2.21. The highest BCUT2D eigenvalue weighted by Crippen LogP contribution is 2.28. The molecule has 0 atom stereocenters. The van der Waals surface area contributed by atoms with Crippen LogP contribution in [0.1, 0.15) is 35.2 Å². The molecule has 2 amide bonds. The van der Waals surface area contributed by atoms with Gasteiger partial charge in [0, 0.05) is 28.7 Å². The van der Waals surface area contributed by atoms with Gasteiger partial charge in [-0.3, -0.25) is 14.4 Å². The summed E-state index contributed by atoms with van der Waals surface area (Å²) in [7, 11) is 1.29. The number of nitrogens with one attached hydrogen (secondary N) is 2. The number of hydrogen-bond donors (Lipinski definition) is 2. The van der Waals surface area contributed by atoms with Crippen molar-refractivity contribution in [2.45, 2.75) is 26.2 Å². The molecule has 0 fully saturated rings. The Morgan fingerprint density at radius 1 is 1.00 bits per heavy atom. The predicted molar refractivity (Wildman–Crippen MR) is 124 cm³/mol. The van der Waals surface area contributed by atoms with Crippen molar-refractivity contribution in [2.24, 2.45) is 0 Å². The molecule has 8 nitrogen and oxygen atoms in total. The fourth-order valence-electron chi connectivity index (χ4n) is 2.61. The third-order valence-corrected chi connectivity index (χ3v) is 5.48. The van der Waals surface area contributed by atoms with E-state index in [0.29, 0.717) is 26.4 Å². The number of rotatable bonds is 9. The molecule has 0 saturated carbocycles.